The van der Waals surface area contributed by atoms with Crippen LogP contribution in [0.4, 0.5) is 11.4 Å². The fourth-order valence-corrected chi connectivity index (χ4v) is 8.11. The predicted octanol–water partition coefficient (Wildman–Crippen LogP) is 2.22. The molecule has 10 nitrogen and oxygen atoms in total. The third kappa shape index (κ3) is 3.43. The molecule has 6 rings (SSSR count). The second kappa shape index (κ2) is 8.01. The number of rotatable bonds is 7. The number of nitrogens with one attached hydrogen (secondary N) is 1. The van der Waals surface area contributed by atoms with Crippen molar-refractivity contribution in [3.63, 3.8) is 0 Å². The van der Waals surface area contributed by atoms with E-state index in [-0.39, 0.29) is 41.1 Å². The maximum Gasteiger partial charge on any atom is 0.274 e. The van der Waals surface area contributed by atoms with Gasteiger partial charge < -0.3 is 15.6 Å². The zero-order valence-corrected chi connectivity index (χ0v) is 19.8. The SMILES string of the molecule is Cc1ccc(N(S(=O)[O-])C2(C(=O)NC3C4CC5CC3CC(C(N)=O)(C5)C4)CCC2)cc1[N+](=O)[O-]. The molecule has 1 aromatic carbocycles. The third-order valence-corrected chi connectivity index (χ3v) is 9.72. The summed E-state index contributed by atoms with van der Waals surface area (Å²) in [6, 6.07) is 4.10. The Bertz CT molecular complexity index is 1070. The molecule has 5 aliphatic carbocycles. The highest BCUT2D eigenvalue weighted by Gasteiger charge is 2.59. The Kier molecular flexibility index (Phi) is 5.47. The van der Waals surface area contributed by atoms with Gasteiger partial charge in [-0.25, -0.2) is 0 Å². The van der Waals surface area contributed by atoms with Gasteiger partial charge in [-0.1, -0.05) is 6.07 Å². The molecule has 11 heteroatoms. The van der Waals surface area contributed by atoms with Gasteiger partial charge in [-0.2, -0.15) is 0 Å². The Labute approximate surface area is 200 Å². The van der Waals surface area contributed by atoms with Crippen molar-refractivity contribution >= 4 is 34.5 Å². The molecule has 3 N–H and O–H groups in total. The van der Waals surface area contributed by atoms with Gasteiger partial charge >= 0.3 is 0 Å². The Morgan fingerprint density at radius 1 is 1.21 bits per heavy atom. The summed E-state index contributed by atoms with van der Waals surface area (Å²) in [5.74, 6) is 0.116. The first-order chi connectivity index (χ1) is 16.1. The summed E-state index contributed by atoms with van der Waals surface area (Å²) >= 11 is -2.81. The number of primary amides is 1. The fraction of sp³-hybridized carbons (Fsp3) is 0.652. The molecule has 3 unspecified atom stereocenters. The summed E-state index contributed by atoms with van der Waals surface area (Å²) in [5, 5.41) is 14.6. The number of hydrogen-bond donors (Lipinski definition) is 2. The van der Waals surface area contributed by atoms with E-state index in [1.807, 2.05) is 0 Å². The van der Waals surface area contributed by atoms with Gasteiger partial charge in [-0.3, -0.25) is 28.2 Å². The number of nitrogens with two attached hydrogens (primary N) is 1. The first-order valence-electron chi connectivity index (χ1n) is 11.8. The first-order valence-corrected chi connectivity index (χ1v) is 12.8. The van der Waals surface area contributed by atoms with Crippen molar-refractivity contribution < 1.29 is 23.3 Å². The summed E-state index contributed by atoms with van der Waals surface area (Å²) in [4.78, 5) is 36.8. The zero-order valence-electron chi connectivity index (χ0n) is 19.0. The summed E-state index contributed by atoms with van der Waals surface area (Å²) in [7, 11) is 0. The molecular weight excluding hydrogens is 460 g/mol. The number of benzene rings is 1. The van der Waals surface area contributed by atoms with E-state index in [0.29, 0.717) is 43.6 Å². The summed E-state index contributed by atoms with van der Waals surface area (Å²) < 4.78 is 25.8. The first kappa shape index (κ1) is 23.2. The van der Waals surface area contributed by atoms with Crippen LogP contribution < -0.4 is 15.4 Å². The molecule has 0 saturated heterocycles. The van der Waals surface area contributed by atoms with Crippen LogP contribution in [0.2, 0.25) is 0 Å². The molecule has 0 radical (unpaired) electrons. The maximum absolute atomic E-state index is 13.7. The predicted molar refractivity (Wildman–Crippen MR) is 123 cm³/mol. The molecule has 2 amide bonds. The number of nitro benzene ring substituents is 1. The number of nitro groups is 1. The number of aryl methyl sites for hydroxylation is 1. The monoisotopic (exact) mass is 489 g/mol. The second-order valence-electron chi connectivity index (χ2n) is 10.7. The highest BCUT2D eigenvalue weighted by Crippen LogP contribution is 2.60. The molecule has 5 fully saturated rings. The molecule has 3 atom stereocenters. The van der Waals surface area contributed by atoms with Gasteiger partial charge in [-0.15, -0.1) is 0 Å². The van der Waals surface area contributed by atoms with E-state index in [9.17, 15) is 28.5 Å². The number of nitrogens with zero attached hydrogens (tertiary/aromatic N) is 2. The number of carbonyl (C=O) groups excluding carboxylic acids is 2. The quantitative estimate of drug-likeness (QED) is 0.339. The van der Waals surface area contributed by atoms with E-state index < -0.39 is 27.1 Å². The molecule has 0 aromatic heterocycles. The topological polar surface area (TPSA) is 159 Å². The van der Waals surface area contributed by atoms with E-state index in [2.05, 4.69) is 5.32 Å². The maximum atomic E-state index is 13.7. The van der Waals surface area contributed by atoms with Crippen molar-refractivity contribution in [2.24, 2.45) is 28.9 Å². The van der Waals surface area contributed by atoms with Crippen LogP contribution in [-0.2, 0) is 20.9 Å². The minimum atomic E-state index is -2.81. The van der Waals surface area contributed by atoms with Crippen LogP contribution in [0.3, 0.4) is 0 Å². The van der Waals surface area contributed by atoms with Crippen LogP contribution in [0, 0.1) is 40.2 Å². The lowest BCUT2D eigenvalue weighted by molar-refractivity contribution is -0.385. The minimum Gasteiger partial charge on any atom is -0.755 e. The molecule has 0 aliphatic heterocycles. The highest BCUT2D eigenvalue weighted by molar-refractivity contribution is 7.80. The average Bonchev–Trinajstić information content (AvgIpc) is 2.72. The van der Waals surface area contributed by atoms with Gasteiger partial charge in [0.2, 0.25) is 11.8 Å². The van der Waals surface area contributed by atoms with Gasteiger partial charge in [0.05, 0.1) is 10.6 Å². The van der Waals surface area contributed by atoms with Gasteiger partial charge in [0, 0.05) is 34.4 Å². The van der Waals surface area contributed by atoms with E-state index in [1.165, 1.54) is 18.2 Å². The van der Waals surface area contributed by atoms with Crippen molar-refractivity contribution in [2.45, 2.75) is 69.9 Å². The number of anilines is 1. The molecule has 4 bridgehead atoms. The van der Waals surface area contributed by atoms with Gasteiger partial charge in [0.1, 0.15) is 5.54 Å². The van der Waals surface area contributed by atoms with Crippen LogP contribution in [0.1, 0.15) is 56.9 Å². The Morgan fingerprint density at radius 2 is 1.85 bits per heavy atom. The van der Waals surface area contributed by atoms with Crippen LogP contribution in [0.5, 0.6) is 0 Å². The summed E-state index contributed by atoms with van der Waals surface area (Å²) in [5.41, 5.74) is 4.31. The van der Waals surface area contributed by atoms with Gasteiger partial charge in [0.25, 0.3) is 5.69 Å². The molecule has 5 saturated carbocycles. The molecule has 184 valence electrons. The van der Waals surface area contributed by atoms with Crippen molar-refractivity contribution in [1.82, 2.24) is 5.32 Å². The summed E-state index contributed by atoms with van der Waals surface area (Å²) in [6.45, 7) is 1.58. The van der Waals surface area contributed by atoms with E-state index in [0.717, 1.165) is 23.6 Å². The van der Waals surface area contributed by atoms with Crippen molar-refractivity contribution in [1.29, 1.82) is 0 Å². The molecule has 5 aliphatic rings. The largest absolute Gasteiger partial charge is 0.755 e. The normalized spacial score (nSPS) is 33.6. The van der Waals surface area contributed by atoms with Crippen molar-refractivity contribution in [2.75, 3.05) is 4.31 Å². The standard InChI is InChI=1S/C23H30N4O6S/c1-13-3-4-17(9-18(13)27(30)31)26(34(32)33)23(5-2-6-23)21(29)25-19-15-7-14-8-16(19)12-22(10-14,11-15)20(24)28/h3-4,9,14-16,19H,2,5-8,10-12H2,1H3,(H2,24,28)(H,25,29)(H,32,33)/p-1. The van der Waals surface area contributed by atoms with Crippen molar-refractivity contribution in [3.8, 4) is 0 Å². The van der Waals surface area contributed by atoms with E-state index >= 15 is 0 Å². The molecular formula is C23H29N4O6S-. The number of carbonyl (C=O) groups is 2. The Morgan fingerprint density at radius 3 is 2.35 bits per heavy atom. The van der Waals surface area contributed by atoms with Crippen LogP contribution >= 0.6 is 0 Å². The fourth-order valence-electron chi connectivity index (χ4n) is 7.28. The smallest absolute Gasteiger partial charge is 0.274 e. The average molecular weight is 490 g/mol. The highest BCUT2D eigenvalue weighted by atomic mass is 32.2. The lowest BCUT2D eigenvalue weighted by Crippen LogP contribution is -2.68. The minimum absolute atomic E-state index is 0.109. The number of hydrogen-bond acceptors (Lipinski definition) is 6. The van der Waals surface area contributed by atoms with Crippen LogP contribution in [0.15, 0.2) is 18.2 Å². The molecule has 0 heterocycles. The van der Waals surface area contributed by atoms with Crippen molar-refractivity contribution in [3.05, 3.63) is 33.9 Å². The second-order valence-corrected chi connectivity index (χ2v) is 11.5. The van der Waals surface area contributed by atoms with Crippen LogP contribution in [-0.4, -0.2) is 37.1 Å². The Balaban J connectivity index is 1.43. The van der Waals surface area contributed by atoms with E-state index in [1.54, 1.807) is 6.92 Å². The van der Waals surface area contributed by atoms with E-state index in [4.69, 9.17) is 5.73 Å². The van der Waals surface area contributed by atoms with Gasteiger partial charge in [0.15, 0.2) is 0 Å². The third-order valence-electron chi connectivity index (χ3n) is 8.86. The lowest BCUT2D eigenvalue weighted by Gasteiger charge is -2.59. The number of amides is 2. The zero-order chi connectivity index (χ0) is 24.4. The molecule has 0 spiro atoms. The Hall–Kier alpha value is -2.53. The lowest BCUT2D eigenvalue weighted by atomic mass is 9.47. The van der Waals surface area contributed by atoms with Gasteiger partial charge in [-0.05, 0) is 82.1 Å². The van der Waals surface area contributed by atoms with Crippen LogP contribution in [0.25, 0.3) is 0 Å². The molecule has 34 heavy (non-hydrogen) atoms. The molecule has 1 aromatic rings. The summed E-state index contributed by atoms with van der Waals surface area (Å²) in [6.07, 6.45) is 5.38.